The summed E-state index contributed by atoms with van der Waals surface area (Å²) in [5, 5.41) is 17.0. The molecule has 146 valence electrons. The molecular formula is C19H21ClN6O2. The quantitative estimate of drug-likeness (QED) is 0.842. The fourth-order valence-electron chi connectivity index (χ4n) is 3.66. The summed E-state index contributed by atoms with van der Waals surface area (Å²) in [7, 11) is 0. The lowest BCUT2D eigenvalue weighted by atomic mass is 9.94. The summed E-state index contributed by atoms with van der Waals surface area (Å²) in [6, 6.07) is 3.63. The maximum Gasteiger partial charge on any atom is 0.257 e. The van der Waals surface area contributed by atoms with E-state index in [4.69, 9.17) is 21.6 Å². The summed E-state index contributed by atoms with van der Waals surface area (Å²) >= 11 is 6.19. The molecule has 1 unspecified atom stereocenters. The third-order valence-corrected chi connectivity index (χ3v) is 5.53. The predicted molar refractivity (Wildman–Crippen MR) is 103 cm³/mol. The molecule has 2 aliphatic heterocycles. The molecule has 1 N–H and O–H groups in total. The molecule has 4 rings (SSSR count). The van der Waals surface area contributed by atoms with Gasteiger partial charge in [0.25, 0.3) is 5.91 Å². The Morgan fingerprint density at radius 1 is 1.36 bits per heavy atom. The van der Waals surface area contributed by atoms with E-state index in [0.717, 1.165) is 25.1 Å². The topological polar surface area (TPSA) is 96.1 Å². The minimum absolute atomic E-state index is 0.0370. The van der Waals surface area contributed by atoms with Crippen LogP contribution in [0.1, 0.15) is 28.0 Å². The first-order chi connectivity index (χ1) is 13.7. The number of morpholine rings is 1. The summed E-state index contributed by atoms with van der Waals surface area (Å²) in [6.45, 7) is 3.89. The summed E-state index contributed by atoms with van der Waals surface area (Å²) in [5.74, 6) is 0.952. The Morgan fingerprint density at radius 2 is 2.18 bits per heavy atom. The lowest BCUT2D eigenvalue weighted by Gasteiger charge is -2.28. The van der Waals surface area contributed by atoms with Gasteiger partial charge in [0.1, 0.15) is 11.9 Å². The lowest BCUT2D eigenvalue weighted by molar-refractivity contribution is 0.0301. The number of halogens is 1. The number of nitrogens with zero attached hydrogens (tertiary/aromatic N) is 5. The Bertz CT molecular complexity index is 916. The van der Waals surface area contributed by atoms with Crippen molar-refractivity contribution in [1.29, 1.82) is 5.26 Å². The molecule has 4 heterocycles. The molecule has 0 bridgehead atoms. The zero-order chi connectivity index (χ0) is 19.5. The van der Waals surface area contributed by atoms with E-state index in [9.17, 15) is 4.79 Å². The highest BCUT2D eigenvalue weighted by atomic mass is 35.5. The number of ether oxygens (including phenoxy) is 1. The van der Waals surface area contributed by atoms with Crippen molar-refractivity contribution in [1.82, 2.24) is 19.7 Å². The second kappa shape index (κ2) is 8.17. The van der Waals surface area contributed by atoms with E-state index in [1.54, 1.807) is 12.3 Å². The van der Waals surface area contributed by atoms with Crippen LogP contribution >= 0.6 is 11.6 Å². The Labute approximate surface area is 168 Å². The van der Waals surface area contributed by atoms with Gasteiger partial charge in [0.2, 0.25) is 0 Å². The zero-order valence-electron chi connectivity index (χ0n) is 15.4. The maximum atomic E-state index is 12.9. The number of nitrogens with one attached hydrogen (secondary N) is 1. The van der Waals surface area contributed by atoms with E-state index in [1.807, 2.05) is 15.7 Å². The normalized spacial score (nSPS) is 19.0. The van der Waals surface area contributed by atoms with Crippen LogP contribution in [0.3, 0.4) is 0 Å². The summed E-state index contributed by atoms with van der Waals surface area (Å²) in [4.78, 5) is 18.9. The average Bonchev–Trinajstić information content (AvgIpc) is 3.16. The molecular weight excluding hydrogens is 380 g/mol. The van der Waals surface area contributed by atoms with Gasteiger partial charge in [0, 0.05) is 32.4 Å². The molecule has 0 saturated carbocycles. The highest BCUT2D eigenvalue weighted by molar-refractivity contribution is 6.33. The third kappa shape index (κ3) is 3.81. The van der Waals surface area contributed by atoms with Gasteiger partial charge in [-0.15, -0.1) is 0 Å². The number of nitriles is 1. The molecule has 2 aromatic heterocycles. The Morgan fingerprint density at radius 3 is 2.93 bits per heavy atom. The minimum Gasteiger partial charge on any atom is -0.378 e. The first-order valence-electron chi connectivity index (χ1n) is 9.37. The largest absolute Gasteiger partial charge is 0.378 e. The molecule has 1 fully saturated rings. The number of fused-ring (bicyclic) bond motifs is 1. The Kier molecular flexibility index (Phi) is 5.46. The fourth-order valence-corrected chi connectivity index (χ4v) is 3.89. The molecule has 0 radical (unpaired) electrons. The number of rotatable bonds is 4. The summed E-state index contributed by atoms with van der Waals surface area (Å²) in [5.41, 5.74) is 2.12. The van der Waals surface area contributed by atoms with Gasteiger partial charge in [0.05, 0.1) is 41.3 Å². The minimum atomic E-state index is 0.0370. The lowest BCUT2D eigenvalue weighted by Crippen LogP contribution is -2.41. The fraction of sp³-hybridized carbons (Fsp3) is 0.474. The van der Waals surface area contributed by atoms with Gasteiger partial charge in [-0.2, -0.15) is 10.4 Å². The van der Waals surface area contributed by atoms with Gasteiger partial charge in [-0.25, -0.2) is 4.98 Å². The summed E-state index contributed by atoms with van der Waals surface area (Å²) in [6.07, 6.45) is 4.93. The van der Waals surface area contributed by atoms with Gasteiger partial charge in [-0.1, -0.05) is 11.6 Å². The molecule has 28 heavy (non-hydrogen) atoms. The van der Waals surface area contributed by atoms with E-state index in [0.29, 0.717) is 60.7 Å². The number of pyridine rings is 1. The summed E-state index contributed by atoms with van der Waals surface area (Å²) < 4.78 is 7.28. The van der Waals surface area contributed by atoms with E-state index in [1.165, 1.54) is 6.20 Å². The number of carbonyl (C=O) groups is 1. The van der Waals surface area contributed by atoms with Crippen molar-refractivity contribution in [3.63, 3.8) is 0 Å². The number of amides is 1. The monoisotopic (exact) mass is 400 g/mol. The average molecular weight is 401 g/mol. The number of aromatic nitrogens is 3. The molecule has 9 heteroatoms. The van der Waals surface area contributed by atoms with Gasteiger partial charge < -0.3 is 15.0 Å². The third-order valence-electron chi connectivity index (χ3n) is 5.24. The molecule has 2 aromatic rings. The highest BCUT2D eigenvalue weighted by Crippen LogP contribution is 2.26. The van der Waals surface area contributed by atoms with Gasteiger partial charge in [-0.05, 0) is 24.8 Å². The van der Waals surface area contributed by atoms with Crippen molar-refractivity contribution in [2.75, 3.05) is 38.2 Å². The zero-order valence-corrected chi connectivity index (χ0v) is 16.2. The van der Waals surface area contributed by atoms with Crippen molar-refractivity contribution >= 4 is 23.3 Å². The Balaban J connectivity index is 1.42. The van der Waals surface area contributed by atoms with Gasteiger partial charge in [-0.3, -0.25) is 9.48 Å². The predicted octanol–water partition coefficient (Wildman–Crippen LogP) is 1.95. The van der Waals surface area contributed by atoms with Crippen molar-refractivity contribution in [2.45, 2.75) is 19.4 Å². The van der Waals surface area contributed by atoms with Crippen LogP contribution in [0.15, 0.2) is 18.5 Å². The molecule has 1 amide bonds. The van der Waals surface area contributed by atoms with Crippen LogP contribution in [0.25, 0.3) is 0 Å². The smallest absolute Gasteiger partial charge is 0.257 e. The van der Waals surface area contributed by atoms with Crippen molar-refractivity contribution < 1.29 is 9.53 Å². The molecule has 0 aliphatic carbocycles. The van der Waals surface area contributed by atoms with Crippen LogP contribution in [0.2, 0.25) is 5.02 Å². The molecule has 1 atom stereocenters. The Hall–Kier alpha value is -2.63. The van der Waals surface area contributed by atoms with Crippen LogP contribution in [-0.4, -0.2) is 58.4 Å². The van der Waals surface area contributed by atoms with Crippen LogP contribution in [-0.2, 0) is 17.7 Å². The first kappa shape index (κ1) is 18.7. The second-order valence-corrected chi connectivity index (χ2v) is 7.45. The molecule has 0 aromatic carbocycles. The number of aryl methyl sites for hydroxylation is 1. The van der Waals surface area contributed by atoms with E-state index < -0.39 is 0 Å². The van der Waals surface area contributed by atoms with Crippen molar-refractivity contribution in [2.24, 2.45) is 5.92 Å². The molecule has 8 nitrogen and oxygen atoms in total. The molecule has 2 aliphatic rings. The SMILES string of the molecule is N#Cc1cnc(NCC2CCn3ncc(C(=O)N4CCOCC4)c3C2)c(Cl)c1. The van der Waals surface area contributed by atoms with Crippen LogP contribution in [0.5, 0.6) is 0 Å². The molecule has 0 spiro atoms. The van der Waals surface area contributed by atoms with Gasteiger partial charge in [0.15, 0.2) is 0 Å². The van der Waals surface area contributed by atoms with E-state index >= 15 is 0 Å². The maximum absolute atomic E-state index is 12.9. The van der Waals surface area contributed by atoms with E-state index in [2.05, 4.69) is 15.4 Å². The van der Waals surface area contributed by atoms with Crippen LogP contribution in [0.4, 0.5) is 5.82 Å². The number of hydrogen-bond acceptors (Lipinski definition) is 6. The first-order valence-corrected chi connectivity index (χ1v) is 9.74. The number of anilines is 1. The van der Waals surface area contributed by atoms with Gasteiger partial charge >= 0.3 is 0 Å². The van der Waals surface area contributed by atoms with E-state index in [-0.39, 0.29) is 5.91 Å². The number of hydrogen-bond donors (Lipinski definition) is 1. The molecule has 1 saturated heterocycles. The number of carbonyl (C=O) groups excluding carboxylic acids is 1. The van der Waals surface area contributed by atoms with Crippen LogP contribution in [0, 0.1) is 17.2 Å². The van der Waals surface area contributed by atoms with Crippen LogP contribution < -0.4 is 5.32 Å². The van der Waals surface area contributed by atoms with Crippen molar-refractivity contribution in [3.05, 3.63) is 40.3 Å². The second-order valence-electron chi connectivity index (χ2n) is 7.04. The van der Waals surface area contributed by atoms with Crippen molar-refractivity contribution in [3.8, 4) is 6.07 Å². The highest BCUT2D eigenvalue weighted by Gasteiger charge is 2.28. The standard InChI is InChI=1S/C19H21ClN6O2/c20-16-7-14(9-21)11-23-18(16)22-10-13-1-2-26-17(8-13)15(12-24-26)19(27)25-3-5-28-6-4-25/h7,11-13H,1-6,8,10H2,(H,22,23).